The number of hydrogen-bond donors (Lipinski definition) is 0. The fourth-order valence-corrected chi connectivity index (χ4v) is 1.72. The van der Waals surface area contributed by atoms with Gasteiger partial charge in [-0.15, -0.1) is 0 Å². The van der Waals surface area contributed by atoms with Gasteiger partial charge in [-0.1, -0.05) is 12.2 Å². The third-order valence-electron chi connectivity index (χ3n) is 2.17. The molecule has 1 fully saturated rings. The zero-order valence-electron chi connectivity index (χ0n) is 6.09. The van der Waals surface area contributed by atoms with Crippen LogP contribution in [0.15, 0.2) is 12.2 Å². The number of carbonyl (C=O) groups is 1. The molecule has 0 aromatic rings. The number of carbonyl (C=O) groups excluding carboxylic acids is 1. The molecule has 2 atom stereocenters. The van der Waals surface area contributed by atoms with Crippen LogP contribution < -0.4 is 0 Å². The van der Waals surface area contributed by atoms with Gasteiger partial charge in [0.05, 0.1) is 0 Å². The Labute approximate surface area is 76.4 Å². The van der Waals surface area contributed by atoms with Crippen molar-refractivity contribution in [2.45, 2.75) is 19.3 Å². The average Bonchev–Trinajstić information content (AvgIpc) is 2.45. The number of rotatable bonds is 0. The minimum atomic E-state index is -0.889. The molecule has 0 radical (unpaired) electrons. The number of halogens is 2. The van der Waals surface area contributed by atoms with E-state index >= 15 is 0 Å². The van der Waals surface area contributed by atoms with Gasteiger partial charge in [0.25, 0.3) is 0 Å². The molecular weight excluding hydrogens is 183 g/mol. The van der Waals surface area contributed by atoms with Crippen LogP contribution in [0.4, 0.5) is 4.79 Å². The van der Waals surface area contributed by atoms with Gasteiger partial charge < -0.3 is 0 Å². The fourth-order valence-electron chi connectivity index (χ4n) is 1.72. The zero-order chi connectivity index (χ0) is 8.27. The van der Waals surface area contributed by atoms with E-state index in [4.69, 9.17) is 4.79 Å². The van der Waals surface area contributed by atoms with Crippen LogP contribution in [0.25, 0.3) is 0 Å². The first-order valence-corrected chi connectivity index (χ1v) is 4.47. The molecule has 0 aliphatic heterocycles. The maximum atomic E-state index is 8.98. The van der Waals surface area contributed by atoms with E-state index in [1.807, 2.05) is 0 Å². The van der Waals surface area contributed by atoms with Crippen molar-refractivity contribution < 1.29 is 4.79 Å². The fraction of sp³-hybridized carbons (Fsp3) is 0.625. The van der Waals surface area contributed by atoms with E-state index in [9.17, 15) is 0 Å². The molecule has 2 aliphatic rings. The quantitative estimate of drug-likeness (QED) is 0.424. The number of allylic oxidation sites excluding steroid dienone is 2. The van der Waals surface area contributed by atoms with E-state index in [1.54, 1.807) is 0 Å². The van der Waals surface area contributed by atoms with Crippen LogP contribution in [0.1, 0.15) is 19.3 Å². The molecule has 0 N–H and O–H groups in total. The third-order valence-corrected chi connectivity index (χ3v) is 2.17. The monoisotopic (exact) mass is 192 g/mol. The van der Waals surface area contributed by atoms with Crippen molar-refractivity contribution in [3.05, 3.63) is 12.2 Å². The highest BCUT2D eigenvalue weighted by Crippen LogP contribution is 2.38. The van der Waals surface area contributed by atoms with Gasteiger partial charge >= 0.3 is 4.70 Å². The lowest BCUT2D eigenvalue weighted by Crippen LogP contribution is -1.82. The van der Waals surface area contributed by atoms with Crippen LogP contribution in [0.5, 0.6) is 0 Å². The van der Waals surface area contributed by atoms with Crippen LogP contribution in [-0.4, -0.2) is 4.70 Å². The lowest BCUT2D eigenvalue weighted by molar-refractivity contribution is 0.275. The molecule has 2 unspecified atom stereocenters. The molecule has 2 aliphatic carbocycles. The topological polar surface area (TPSA) is 17.1 Å². The van der Waals surface area contributed by atoms with Gasteiger partial charge in [0, 0.05) is 0 Å². The molecule has 62 valence electrons. The summed E-state index contributed by atoms with van der Waals surface area (Å²) in [6, 6.07) is 0. The maximum absolute atomic E-state index is 8.98. The summed E-state index contributed by atoms with van der Waals surface area (Å²) in [6.07, 6.45) is 9.19. The summed E-state index contributed by atoms with van der Waals surface area (Å²) in [5.41, 5.74) is 0. The van der Waals surface area contributed by atoms with Crippen LogP contribution in [0.2, 0.25) is 0 Å². The van der Waals surface area contributed by atoms with Crippen molar-refractivity contribution in [3.63, 3.8) is 0 Å². The Hall–Kier alpha value is -0.0100. The van der Waals surface area contributed by atoms with Crippen LogP contribution in [0, 0.1) is 11.8 Å². The van der Waals surface area contributed by atoms with Crippen LogP contribution in [-0.2, 0) is 0 Å². The molecule has 2 bridgehead atoms. The van der Waals surface area contributed by atoms with E-state index < -0.39 is 4.70 Å². The van der Waals surface area contributed by atoms with Crippen molar-refractivity contribution in [1.82, 2.24) is 0 Å². The van der Waals surface area contributed by atoms with Crippen molar-refractivity contribution in [1.29, 1.82) is 0 Å². The molecule has 1 nitrogen and oxygen atoms in total. The largest absolute Gasteiger partial charge is 0.313 e. The first kappa shape index (κ1) is 9.08. The normalized spacial score (nSPS) is 31.5. The summed E-state index contributed by atoms with van der Waals surface area (Å²) >= 11 is 8.80. The van der Waals surface area contributed by atoms with Crippen LogP contribution >= 0.6 is 23.2 Å². The third kappa shape index (κ3) is 3.26. The summed E-state index contributed by atoms with van der Waals surface area (Å²) in [5.74, 6) is 1.98. The summed E-state index contributed by atoms with van der Waals surface area (Å²) in [5, 5.41) is 0. The summed E-state index contributed by atoms with van der Waals surface area (Å²) in [4.78, 5) is 8.98. The molecule has 11 heavy (non-hydrogen) atoms. The van der Waals surface area contributed by atoms with Gasteiger partial charge in [-0.3, -0.25) is 4.79 Å². The van der Waals surface area contributed by atoms with E-state index in [2.05, 4.69) is 35.4 Å². The highest BCUT2D eigenvalue weighted by atomic mass is 35.5. The van der Waals surface area contributed by atoms with Crippen LogP contribution in [0.3, 0.4) is 0 Å². The van der Waals surface area contributed by atoms with Gasteiger partial charge in [0.1, 0.15) is 0 Å². The highest BCUT2D eigenvalue weighted by molar-refractivity contribution is 6.93. The lowest BCUT2D eigenvalue weighted by Gasteiger charge is -1.96. The standard InChI is InChI=1S/C7H10.CCl2O/c1-2-7-4-3-6(1)5-7;2-1(3)4/h1-2,6-7H,3-5H2;. The predicted molar refractivity (Wildman–Crippen MR) is 47.1 cm³/mol. The van der Waals surface area contributed by atoms with Crippen molar-refractivity contribution >= 4 is 27.9 Å². The van der Waals surface area contributed by atoms with Gasteiger partial charge in [-0.2, -0.15) is 0 Å². The zero-order valence-corrected chi connectivity index (χ0v) is 7.61. The first-order valence-electron chi connectivity index (χ1n) is 3.72. The molecule has 0 aromatic heterocycles. The predicted octanol–water partition coefficient (Wildman–Crippen LogP) is 3.56. The minimum absolute atomic E-state index is 0.889. The Morgan fingerprint density at radius 3 is 1.64 bits per heavy atom. The van der Waals surface area contributed by atoms with E-state index in [-0.39, 0.29) is 0 Å². The second-order valence-corrected chi connectivity index (χ2v) is 3.82. The highest BCUT2D eigenvalue weighted by Gasteiger charge is 2.25. The van der Waals surface area contributed by atoms with Crippen molar-refractivity contribution in [2.75, 3.05) is 0 Å². The Balaban J connectivity index is 0.000000134. The Morgan fingerprint density at radius 1 is 1.18 bits per heavy atom. The number of fused-ring (bicyclic) bond motifs is 2. The molecule has 3 heteroatoms. The van der Waals surface area contributed by atoms with Crippen molar-refractivity contribution in [3.8, 4) is 0 Å². The van der Waals surface area contributed by atoms with E-state index in [0.29, 0.717) is 0 Å². The molecule has 0 saturated heterocycles. The summed E-state index contributed by atoms with van der Waals surface area (Å²) < 4.78 is -0.889. The van der Waals surface area contributed by atoms with Gasteiger partial charge in [0.2, 0.25) is 0 Å². The van der Waals surface area contributed by atoms with Crippen molar-refractivity contribution in [2.24, 2.45) is 11.8 Å². The van der Waals surface area contributed by atoms with Gasteiger partial charge in [-0.05, 0) is 54.3 Å². The summed E-state index contributed by atoms with van der Waals surface area (Å²) in [7, 11) is 0. The molecule has 0 heterocycles. The molecule has 0 spiro atoms. The Kier molecular flexibility index (Phi) is 3.41. The SMILES string of the molecule is C1=CC2CCC1C2.O=C(Cl)Cl. The second-order valence-electron chi connectivity index (χ2n) is 2.94. The first-order chi connectivity index (χ1) is 5.18. The molecule has 1 saturated carbocycles. The maximum Gasteiger partial charge on any atom is 0.313 e. The lowest BCUT2D eigenvalue weighted by atomic mass is 10.1. The summed E-state index contributed by atoms with van der Waals surface area (Å²) in [6.45, 7) is 0. The van der Waals surface area contributed by atoms with E-state index in [1.165, 1.54) is 19.3 Å². The Bertz CT molecular complexity index is 161. The minimum Gasteiger partial charge on any atom is -0.262 e. The molecule has 0 aromatic carbocycles. The second kappa shape index (κ2) is 4.13. The van der Waals surface area contributed by atoms with E-state index in [0.717, 1.165) is 11.8 Å². The molecule has 2 rings (SSSR count). The molecule has 0 amide bonds. The average molecular weight is 193 g/mol. The van der Waals surface area contributed by atoms with Gasteiger partial charge in [0.15, 0.2) is 0 Å². The molecular formula is C8H10Cl2O. The van der Waals surface area contributed by atoms with Gasteiger partial charge in [-0.25, -0.2) is 0 Å². The Morgan fingerprint density at radius 2 is 1.55 bits per heavy atom. The smallest absolute Gasteiger partial charge is 0.262 e. The number of hydrogen-bond acceptors (Lipinski definition) is 1.